The Bertz CT molecular complexity index is 894. The minimum absolute atomic E-state index is 0.263. The molecule has 0 amide bonds. The Hall–Kier alpha value is -2.18. The third-order valence-corrected chi connectivity index (χ3v) is 4.70. The van der Waals surface area contributed by atoms with E-state index in [1.807, 2.05) is 23.9 Å². The first-order chi connectivity index (χ1) is 11.6. The van der Waals surface area contributed by atoms with Gasteiger partial charge in [0, 0.05) is 36.9 Å². The summed E-state index contributed by atoms with van der Waals surface area (Å²) in [5, 5.41) is 5.68. The summed E-state index contributed by atoms with van der Waals surface area (Å²) in [6.45, 7) is 4.34. The summed E-state index contributed by atoms with van der Waals surface area (Å²) < 4.78 is 7.40. The predicted molar refractivity (Wildman–Crippen MR) is 94.4 cm³/mol. The molecule has 4 rings (SSSR count). The van der Waals surface area contributed by atoms with E-state index in [-0.39, 0.29) is 6.04 Å². The van der Waals surface area contributed by atoms with E-state index in [1.165, 1.54) is 0 Å². The normalized spacial score (nSPS) is 18.3. The lowest BCUT2D eigenvalue weighted by atomic mass is 10.1. The first kappa shape index (κ1) is 15.4. The Morgan fingerprint density at radius 1 is 1.29 bits per heavy atom. The van der Waals surface area contributed by atoms with Crippen molar-refractivity contribution >= 4 is 28.3 Å². The fourth-order valence-corrected chi connectivity index (χ4v) is 3.37. The van der Waals surface area contributed by atoms with Crippen molar-refractivity contribution in [1.82, 2.24) is 19.7 Å². The number of pyridine rings is 2. The van der Waals surface area contributed by atoms with Gasteiger partial charge < -0.3 is 9.64 Å². The second-order valence-corrected chi connectivity index (χ2v) is 6.34. The number of fused-ring (bicyclic) bond motifs is 1. The van der Waals surface area contributed by atoms with Crippen LogP contribution in [0.1, 0.15) is 6.92 Å². The van der Waals surface area contributed by atoms with E-state index in [0.717, 1.165) is 29.0 Å². The lowest BCUT2D eigenvalue weighted by Crippen LogP contribution is -2.44. The van der Waals surface area contributed by atoms with Gasteiger partial charge in [-0.15, -0.1) is 0 Å². The van der Waals surface area contributed by atoms with Gasteiger partial charge in [-0.25, -0.2) is 9.97 Å². The van der Waals surface area contributed by atoms with Crippen molar-refractivity contribution in [3.8, 4) is 11.3 Å². The molecule has 0 aromatic carbocycles. The van der Waals surface area contributed by atoms with E-state index in [9.17, 15) is 0 Å². The van der Waals surface area contributed by atoms with Crippen LogP contribution in [0.3, 0.4) is 0 Å². The Morgan fingerprint density at radius 3 is 2.92 bits per heavy atom. The van der Waals surface area contributed by atoms with Crippen molar-refractivity contribution in [2.75, 3.05) is 24.7 Å². The Kier molecular flexibility index (Phi) is 3.86. The summed E-state index contributed by atoms with van der Waals surface area (Å²) >= 11 is 6.34. The van der Waals surface area contributed by atoms with Gasteiger partial charge in [0.2, 0.25) is 0 Å². The smallest absolute Gasteiger partial charge is 0.155 e. The fraction of sp³-hybridized carbons (Fsp3) is 0.353. The van der Waals surface area contributed by atoms with E-state index in [4.69, 9.17) is 21.3 Å². The predicted octanol–water partition coefficient (Wildman–Crippen LogP) is 2.91. The molecule has 3 aromatic rings. The molecule has 1 aliphatic heterocycles. The molecule has 4 heterocycles. The van der Waals surface area contributed by atoms with Gasteiger partial charge >= 0.3 is 0 Å². The molecule has 0 radical (unpaired) electrons. The molecule has 0 N–H and O–H groups in total. The maximum absolute atomic E-state index is 6.34. The molecule has 124 valence electrons. The van der Waals surface area contributed by atoms with Crippen molar-refractivity contribution in [2.45, 2.75) is 13.0 Å². The molecule has 0 bridgehead atoms. The Balaban J connectivity index is 1.96. The van der Waals surface area contributed by atoms with E-state index < -0.39 is 0 Å². The molecule has 3 aromatic heterocycles. The average Bonchev–Trinajstić information content (AvgIpc) is 3.01. The number of ether oxygens (including phenoxy) is 1. The van der Waals surface area contributed by atoms with Crippen LogP contribution >= 0.6 is 11.6 Å². The number of anilines is 1. The summed E-state index contributed by atoms with van der Waals surface area (Å²) in [7, 11) is 1.93. The second-order valence-electron chi connectivity index (χ2n) is 5.98. The molecule has 24 heavy (non-hydrogen) atoms. The number of rotatable bonds is 2. The quantitative estimate of drug-likeness (QED) is 0.670. The second kappa shape index (κ2) is 6.03. The monoisotopic (exact) mass is 343 g/mol. The first-order valence-corrected chi connectivity index (χ1v) is 8.31. The van der Waals surface area contributed by atoms with Gasteiger partial charge in [-0.3, -0.25) is 4.68 Å². The van der Waals surface area contributed by atoms with Gasteiger partial charge in [0.15, 0.2) is 5.15 Å². The van der Waals surface area contributed by atoms with Crippen LogP contribution < -0.4 is 4.90 Å². The molecule has 0 aliphatic carbocycles. The maximum Gasteiger partial charge on any atom is 0.155 e. The number of aryl methyl sites for hydroxylation is 1. The van der Waals surface area contributed by atoms with E-state index in [2.05, 4.69) is 28.0 Å². The lowest BCUT2D eigenvalue weighted by molar-refractivity contribution is 0.0986. The van der Waals surface area contributed by atoms with Crippen molar-refractivity contribution < 1.29 is 4.74 Å². The summed E-state index contributed by atoms with van der Waals surface area (Å²) in [4.78, 5) is 11.2. The highest BCUT2D eigenvalue weighted by Crippen LogP contribution is 2.34. The molecule has 0 spiro atoms. The minimum Gasteiger partial charge on any atom is -0.377 e. The third-order valence-electron chi connectivity index (χ3n) is 4.43. The molecule has 6 nitrogen and oxygen atoms in total. The summed E-state index contributed by atoms with van der Waals surface area (Å²) in [6, 6.07) is 6.31. The molecular weight excluding hydrogens is 326 g/mol. The topological polar surface area (TPSA) is 56.1 Å². The van der Waals surface area contributed by atoms with Gasteiger partial charge in [0.1, 0.15) is 11.3 Å². The summed E-state index contributed by atoms with van der Waals surface area (Å²) in [5.41, 5.74) is 2.79. The number of morpholine rings is 1. The van der Waals surface area contributed by atoms with Crippen LogP contribution in [0, 0.1) is 0 Å². The number of hydrogen-bond donors (Lipinski definition) is 0. The summed E-state index contributed by atoms with van der Waals surface area (Å²) in [5.74, 6) is 0.893. The minimum atomic E-state index is 0.263. The van der Waals surface area contributed by atoms with Gasteiger partial charge in [0.25, 0.3) is 0 Å². The van der Waals surface area contributed by atoms with Crippen LogP contribution in [0.25, 0.3) is 22.2 Å². The van der Waals surface area contributed by atoms with Crippen LogP contribution in [-0.4, -0.2) is 45.5 Å². The van der Waals surface area contributed by atoms with Crippen LogP contribution in [0.4, 0.5) is 5.82 Å². The fourth-order valence-electron chi connectivity index (χ4n) is 3.17. The standard InChI is InChI=1S/C17H18ClN5O/c1-11-10-24-8-7-23(11)15-9-13(14-4-6-20-22(14)2)12-3-5-19-17(18)16(12)21-15/h3-6,9,11H,7-8,10H2,1-2H3/t11-/m1/s1. The van der Waals surface area contributed by atoms with Crippen LogP contribution in [-0.2, 0) is 11.8 Å². The molecule has 1 atom stereocenters. The Morgan fingerprint density at radius 2 is 2.17 bits per heavy atom. The van der Waals surface area contributed by atoms with E-state index >= 15 is 0 Å². The van der Waals surface area contributed by atoms with Gasteiger partial charge in [-0.2, -0.15) is 5.10 Å². The molecule has 0 unspecified atom stereocenters. The van der Waals surface area contributed by atoms with Gasteiger partial charge in [-0.1, -0.05) is 11.6 Å². The molecular formula is C17H18ClN5O. The van der Waals surface area contributed by atoms with Crippen LogP contribution in [0.5, 0.6) is 0 Å². The molecule has 1 fully saturated rings. The molecule has 7 heteroatoms. The van der Waals surface area contributed by atoms with Gasteiger partial charge in [0.05, 0.1) is 24.9 Å². The number of halogens is 1. The van der Waals surface area contributed by atoms with Crippen LogP contribution in [0.15, 0.2) is 30.6 Å². The molecule has 1 aliphatic rings. The SMILES string of the molecule is C[C@@H]1COCCN1c1cc(-c2ccnn2C)c2ccnc(Cl)c2n1. The van der Waals surface area contributed by atoms with Crippen molar-refractivity contribution in [1.29, 1.82) is 0 Å². The zero-order valence-electron chi connectivity index (χ0n) is 13.6. The maximum atomic E-state index is 6.34. The first-order valence-electron chi connectivity index (χ1n) is 7.93. The van der Waals surface area contributed by atoms with Crippen molar-refractivity contribution in [2.24, 2.45) is 7.05 Å². The molecule has 0 saturated carbocycles. The highest BCUT2D eigenvalue weighted by molar-refractivity contribution is 6.34. The largest absolute Gasteiger partial charge is 0.377 e. The van der Waals surface area contributed by atoms with Gasteiger partial charge in [-0.05, 0) is 25.1 Å². The van der Waals surface area contributed by atoms with Crippen LogP contribution in [0.2, 0.25) is 5.15 Å². The summed E-state index contributed by atoms with van der Waals surface area (Å²) in [6.07, 6.45) is 3.50. The zero-order chi connectivity index (χ0) is 16.7. The number of hydrogen-bond acceptors (Lipinski definition) is 5. The lowest BCUT2D eigenvalue weighted by Gasteiger charge is -2.34. The average molecular weight is 344 g/mol. The third kappa shape index (κ3) is 2.52. The highest BCUT2D eigenvalue weighted by Gasteiger charge is 2.22. The highest BCUT2D eigenvalue weighted by atomic mass is 35.5. The van der Waals surface area contributed by atoms with E-state index in [1.54, 1.807) is 12.4 Å². The van der Waals surface area contributed by atoms with Crippen molar-refractivity contribution in [3.63, 3.8) is 0 Å². The molecule has 1 saturated heterocycles. The number of nitrogens with zero attached hydrogens (tertiary/aromatic N) is 5. The number of aromatic nitrogens is 4. The van der Waals surface area contributed by atoms with Crippen molar-refractivity contribution in [3.05, 3.63) is 35.7 Å². The zero-order valence-corrected chi connectivity index (χ0v) is 14.4. The van der Waals surface area contributed by atoms with E-state index in [0.29, 0.717) is 23.9 Å². The Labute approximate surface area is 145 Å².